The molecule has 3 nitrogen and oxygen atoms in total. The molecule has 0 aromatic heterocycles. The van der Waals surface area contributed by atoms with E-state index in [-0.39, 0.29) is 5.63 Å². The molecule has 0 radical (unpaired) electrons. The number of hydrogen-bond donors (Lipinski definition) is 0. The number of rotatable bonds is 2. The number of hydrogen-bond acceptors (Lipinski definition) is 2. The summed E-state index contributed by atoms with van der Waals surface area (Å²) in [5, 5.41) is 0. The SMILES string of the molecule is O=c1oc2cccn(-c3ccccc3)c-2c1-c1ccccc1. The molecule has 0 saturated heterocycles. The van der Waals surface area contributed by atoms with E-state index >= 15 is 0 Å². The zero-order valence-electron chi connectivity index (χ0n) is 11.8. The van der Waals surface area contributed by atoms with Crippen LogP contribution in [-0.4, -0.2) is 4.57 Å². The molecule has 2 aliphatic rings. The summed E-state index contributed by atoms with van der Waals surface area (Å²) in [5.41, 5.74) is 2.94. The maximum atomic E-state index is 12.3. The second-order valence-electron chi connectivity index (χ2n) is 5.06. The highest BCUT2D eigenvalue weighted by Crippen LogP contribution is 2.33. The predicted molar refractivity (Wildman–Crippen MR) is 86.4 cm³/mol. The average Bonchev–Trinajstić information content (AvgIpc) is 2.92. The molecule has 0 fully saturated rings. The Bertz CT molecular complexity index is 936. The van der Waals surface area contributed by atoms with Gasteiger partial charge in [-0.25, -0.2) is 4.79 Å². The molecule has 0 unspecified atom stereocenters. The maximum Gasteiger partial charge on any atom is 0.346 e. The van der Waals surface area contributed by atoms with Crippen LogP contribution >= 0.6 is 0 Å². The van der Waals surface area contributed by atoms with Crippen LogP contribution in [0.4, 0.5) is 0 Å². The molecule has 3 heteroatoms. The first-order valence-electron chi connectivity index (χ1n) is 7.09. The molecule has 0 aliphatic carbocycles. The van der Waals surface area contributed by atoms with Gasteiger partial charge < -0.3 is 8.98 Å². The normalized spacial score (nSPS) is 10.9. The van der Waals surface area contributed by atoms with E-state index in [4.69, 9.17) is 4.42 Å². The fourth-order valence-corrected chi connectivity index (χ4v) is 2.73. The first-order chi connectivity index (χ1) is 10.8. The minimum absolute atomic E-state index is 0.308. The Morgan fingerprint density at radius 2 is 1.45 bits per heavy atom. The van der Waals surface area contributed by atoms with E-state index in [2.05, 4.69) is 0 Å². The summed E-state index contributed by atoms with van der Waals surface area (Å²) < 4.78 is 7.43. The molecule has 22 heavy (non-hydrogen) atoms. The number of fused-ring (bicyclic) bond motifs is 1. The van der Waals surface area contributed by atoms with Crippen LogP contribution in [-0.2, 0) is 0 Å². The van der Waals surface area contributed by atoms with Crippen molar-refractivity contribution in [2.24, 2.45) is 0 Å². The Kier molecular flexibility index (Phi) is 2.90. The first-order valence-corrected chi connectivity index (χ1v) is 7.09. The molecule has 2 aromatic rings. The van der Waals surface area contributed by atoms with Gasteiger partial charge in [0.15, 0.2) is 5.76 Å². The lowest BCUT2D eigenvalue weighted by molar-refractivity contribution is 0.543. The number of nitrogens with zero attached hydrogens (tertiary/aromatic N) is 1. The second kappa shape index (κ2) is 5.04. The van der Waals surface area contributed by atoms with Crippen molar-refractivity contribution < 1.29 is 4.42 Å². The highest BCUT2D eigenvalue weighted by Gasteiger charge is 2.22. The first kappa shape index (κ1) is 12.7. The quantitative estimate of drug-likeness (QED) is 0.554. The van der Waals surface area contributed by atoms with Crippen LogP contribution in [0.5, 0.6) is 0 Å². The molecule has 0 N–H and O–H groups in total. The fourth-order valence-electron chi connectivity index (χ4n) is 2.73. The molecule has 2 aliphatic heterocycles. The Morgan fingerprint density at radius 1 is 0.773 bits per heavy atom. The smallest absolute Gasteiger partial charge is 0.346 e. The molecule has 0 saturated carbocycles. The van der Waals surface area contributed by atoms with Crippen molar-refractivity contribution in [3.05, 3.63) is 89.4 Å². The van der Waals surface area contributed by atoms with E-state index in [9.17, 15) is 4.79 Å². The van der Waals surface area contributed by atoms with Gasteiger partial charge in [-0.1, -0.05) is 48.5 Å². The summed E-state index contributed by atoms with van der Waals surface area (Å²) in [6.45, 7) is 0. The van der Waals surface area contributed by atoms with Crippen molar-refractivity contribution in [3.63, 3.8) is 0 Å². The molecule has 0 bridgehead atoms. The minimum Gasteiger partial charge on any atom is -0.421 e. The molecular weight excluding hydrogens is 274 g/mol. The molecule has 0 spiro atoms. The highest BCUT2D eigenvalue weighted by atomic mass is 16.4. The topological polar surface area (TPSA) is 35.1 Å². The van der Waals surface area contributed by atoms with Crippen molar-refractivity contribution in [2.75, 3.05) is 0 Å². The summed E-state index contributed by atoms with van der Waals surface area (Å²) in [4.78, 5) is 12.3. The molecule has 0 atom stereocenters. The minimum atomic E-state index is -0.308. The average molecular weight is 287 g/mol. The number of benzene rings is 2. The third-order valence-electron chi connectivity index (χ3n) is 3.70. The molecule has 106 valence electrons. The van der Waals surface area contributed by atoms with Gasteiger partial charge in [-0.3, -0.25) is 0 Å². The Labute approximate surface area is 127 Å². The summed E-state index contributed by atoms with van der Waals surface area (Å²) >= 11 is 0. The molecule has 2 aromatic carbocycles. The molecule has 4 rings (SSSR count). The monoisotopic (exact) mass is 287 g/mol. The van der Waals surface area contributed by atoms with Gasteiger partial charge in [-0.05, 0) is 29.8 Å². The molecular formula is C19H13NO2. The van der Waals surface area contributed by atoms with Crippen LogP contribution < -0.4 is 5.63 Å². The predicted octanol–water partition coefficient (Wildman–Crippen LogP) is 4.20. The van der Waals surface area contributed by atoms with E-state index in [1.54, 1.807) is 0 Å². The Balaban J connectivity index is 2.07. The highest BCUT2D eigenvalue weighted by molar-refractivity contribution is 5.80. The zero-order valence-corrected chi connectivity index (χ0v) is 11.8. The van der Waals surface area contributed by atoms with Gasteiger partial charge in [0.1, 0.15) is 5.69 Å². The van der Waals surface area contributed by atoms with Crippen molar-refractivity contribution >= 4 is 0 Å². The summed E-state index contributed by atoms with van der Waals surface area (Å²) in [6, 6.07) is 23.3. The van der Waals surface area contributed by atoms with Gasteiger partial charge in [0.2, 0.25) is 0 Å². The van der Waals surface area contributed by atoms with Crippen LogP contribution in [0, 0.1) is 0 Å². The Morgan fingerprint density at radius 3 is 2.18 bits per heavy atom. The van der Waals surface area contributed by atoms with Gasteiger partial charge in [0.25, 0.3) is 0 Å². The lowest BCUT2D eigenvalue weighted by Crippen LogP contribution is -2.02. The van der Waals surface area contributed by atoms with Crippen LogP contribution in [0.3, 0.4) is 0 Å². The van der Waals surface area contributed by atoms with E-state index in [1.165, 1.54) is 0 Å². The van der Waals surface area contributed by atoms with E-state index in [0.29, 0.717) is 11.3 Å². The van der Waals surface area contributed by atoms with Gasteiger partial charge in [0, 0.05) is 11.9 Å². The second-order valence-corrected chi connectivity index (χ2v) is 5.06. The molecule has 0 amide bonds. The van der Waals surface area contributed by atoms with Gasteiger partial charge in [0.05, 0.1) is 5.56 Å². The lowest BCUT2D eigenvalue weighted by atomic mass is 10.0. The third-order valence-corrected chi connectivity index (χ3v) is 3.70. The number of para-hydroxylation sites is 1. The summed E-state index contributed by atoms with van der Waals surface area (Å²) in [5.74, 6) is 0.593. The van der Waals surface area contributed by atoms with Crippen LogP contribution in [0.25, 0.3) is 28.3 Å². The van der Waals surface area contributed by atoms with Crippen molar-refractivity contribution in [3.8, 4) is 28.3 Å². The summed E-state index contributed by atoms with van der Waals surface area (Å²) in [6.07, 6.45) is 1.94. The fraction of sp³-hybridized carbons (Fsp3) is 0. The largest absolute Gasteiger partial charge is 0.421 e. The van der Waals surface area contributed by atoms with Crippen LogP contribution in [0.2, 0.25) is 0 Å². The van der Waals surface area contributed by atoms with E-state index in [0.717, 1.165) is 16.9 Å². The summed E-state index contributed by atoms with van der Waals surface area (Å²) in [7, 11) is 0. The third kappa shape index (κ3) is 1.95. The number of aromatic nitrogens is 1. The van der Waals surface area contributed by atoms with Crippen LogP contribution in [0.15, 0.2) is 88.2 Å². The standard InChI is InChI=1S/C19H13NO2/c21-19-17(14-8-3-1-4-9-14)18-16(22-19)12-7-13-20(18)15-10-5-2-6-11-15/h1-13H. The molecule has 2 heterocycles. The van der Waals surface area contributed by atoms with Crippen molar-refractivity contribution in [2.45, 2.75) is 0 Å². The van der Waals surface area contributed by atoms with Crippen LogP contribution in [0.1, 0.15) is 0 Å². The van der Waals surface area contributed by atoms with Crippen molar-refractivity contribution in [1.82, 2.24) is 4.57 Å². The van der Waals surface area contributed by atoms with Gasteiger partial charge in [-0.15, -0.1) is 0 Å². The van der Waals surface area contributed by atoms with Gasteiger partial charge in [-0.2, -0.15) is 0 Å². The number of pyridine rings is 1. The number of furan rings is 1. The maximum absolute atomic E-state index is 12.3. The lowest BCUT2D eigenvalue weighted by Gasteiger charge is -2.12. The zero-order chi connectivity index (χ0) is 14.9. The van der Waals surface area contributed by atoms with E-state index < -0.39 is 0 Å². The van der Waals surface area contributed by atoms with E-state index in [1.807, 2.05) is 83.6 Å². The van der Waals surface area contributed by atoms with Gasteiger partial charge >= 0.3 is 5.63 Å². The Hall–Kier alpha value is -3.07. The van der Waals surface area contributed by atoms with Crippen molar-refractivity contribution in [1.29, 1.82) is 0 Å².